The topological polar surface area (TPSA) is 69.6 Å². The third-order valence-corrected chi connectivity index (χ3v) is 3.67. The van der Waals surface area contributed by atoms with Gasteiger partial charge in [-0.25, -0.2) is 9.59 Å². The molecule has 0 spiro atoms. The van der Waals surface area contributed by atoms with E-state index in [9.17, 15) is 9.59 Å². The highest BCUT2D eigenvalue weighted by molar-refractivity contribution is 7.09. The highest BCUT2D eigenvalue weighted by Gasteiger charge is 2.33. The molecule has 2 rings (SSSR count). The van der Waals surface area contributed by atoms with Gasteiger partial charge in [-0.2, -0.15) is 0 Å². The second-order valence-electron chi connectivity index (χ2n) is 3.93. The minimum absolute atomic E-state index is 0.289. The predicted molar refractivity (Wildman–Crippen MR) is 63.9 cm³/mol. The first-order chi connectivity index (χ1) is 8.18. The van der Waals surface area contributed by atoms with E-state index in [1.54, 1.807) is 11.3 Å². The molecule has 0 unspecified atom stereocenters. The van der Waals surface area contributed by atoms with Crippen LogP contribution in [0, 0.1) is 0 Å². The van der Waals surface area contributed by atoms with Gasteiger partial charge >= 0.3 is 12.0 Å². The first-order valence-corrected chi connectivity index (χ1v) is 6.36. The fourth-order valence-corrected chi connectivity index (χ4v) is 2.59. The van der Waals surface area contributed by atoms with Crippen molar-refractivity contribution >= 4 is 23.3 Å². The minimum Gasteiger partial charge on any atom is -0.480 e. The molecule has 0 saturated carbocycles. The van der Waals surface area contributed by atoms with Crippen molar-refractivity contribution in [2.45, 2.75) is 25.4 Å². The van der Waals surface area contributed by atoms with Crippen LogP contribution in [-0.2, 0) is 11.3 Å². The Bertz CT molecular complexity index is 405. The molecular weight excluding hydrogens is 240 g/mol. The van der Waals surface area contributed by atoms with E-state index in [0.29, 0.717) is 19.5 Å². The molecule has 2 amide bonds. The lowest BCUT2D eigenvalue weighted by atomic mass is 10.2. The first kappa shape index (κ1) is 11.9. The average molecular weight is 254 g/mol. The standard InChI is InChI=1S/C11H14N2O3S/c14-10(15)9-4-1-5-13(9)11(16)12-7-8-3-2-6-17-8/h2-3,6,9H,1,4-5,7H2,(H,12,16)(H,14,15)/t9-/m0/s1. The number of urea groups is 1. The summed E-state index contributed by atoms with van der Waals surface area (Å²) in [6, 6.07) is 2.90. The molecule has 1 aromatic rings. The number of nitrogens with zero attached hydrogens (tertiary/aromatic N) is 1. The summed E-state index contributed by atoms with van der Waals surface area (Å²) in [5.74, 6) is -0.922. The number of thiophene rings is 1. The van der Waals surface area contributed by atoms with E-state index in [1.165, 1.54) is 4.90 Å². The van der Waals surface area contributed by atoms with Gasteiger partial charge in [-0.3, -0.25) is 0 Å². The summed E-state index contributed by atoms with van der Waals surface area (Å²) in [7, 11) is 0. The van der Waals surface area contributed by atoms with Crippen molar-refractivity contribution in [2.24, 2.45) is 0 Å². The zero-order valence-electron chi connectivity index (χ0n) is 9.26. The molecule has 1 aliphatic heterocycles. The molecule has 1 atom stereocenters. The number of carboxylic acid groups (broad SMARTS) is 1. The molecule has 6 heteroatoms. The predicted octanol–water partition coefficient (Wildman–Crippen LogP) is 1.51. The molecule has 0 aromatic carbocycles. The van der Waals surface area contributed by atoms with E-state index in [4.69, 9.17) is 5.11 Å². The Balaban J connectivity index is 1.89. The summed E-state index contributed by atoms with van der Waals surface area (Å²) in [5.41, 5.74) is 0. The number of hydrogen-bond donors (Lipinski definition) is 2. The average Bonchev–Trinajstić information content (AvgIpc) is 2.96. The van der Waals surface area contributed by atoms with Crippen LogP contribution in [0.1, 0.15) is 17.7 Å². The Hall–Kier alpha value is -1.56. The summed E-state index contributed by atoms with van der Waals surface area (Å²) in [6.07, 6.45) is 1.30. The van der Waals surface area contributed by atoms with Crippen molar-refractivity contribution in [2.75, 3.05) is 6.54 Å². The molecule has 2 heterocycles. The molecule has 2 N–H and O–H groups in total. The van der Waals surface area contributed by atoms with Crippen molar-refractivity contribution in [1.82, 2.24) is 10.2 Å². The molecule has 1 aliphatic rings. The number of carboxylic acids is 1. The van der Waals surface area contributed by atoms with Crippen molar-refractivity contribution in [1.29, 1.82) is 0 Å². The number of nitrogens with one attached hydrogen (secondary N) is 1. The van der Waals surface area contributed by atoms with Gasteiger partial charge in [0.05, 0.1) is 6.54 Å². The van der Waals surface area contributed by atoms with Crippen molar-refractivity contribution in [3.8, 4) is 0 Å². The number of carbonyl (C=O) groups excluding carboxylic acids is 1. The quantitative estimate of drug-likeness (QED) is 0.859. The summed E-state index contributed by atoms with van der Waals surface area (Å²) < 4.78 is 0. The Labute approximate surface area is 103 Å². The molecule has 17 heavy (non-hydrogen) atoms. The molecule has 5 nitrogen and oxygen atoms in total. The molecule has 1 fully saturated rings. The van der Waals surface area contributed by atoms with Crippen LogP contribution >= 0.6 is 11.3 Å². The van der Waals surface area contributed by atoms with Gasteiger partial charge in [-0.1, -0.05) is 6.07 Å². The van der Waals surface area contributed by atoms with Gasteiger partial charge in [-0.15, -0.1) is 11.3 Å². The van der Waals surface area contributed by atoms with Gasteiger partial charge in [0.25, 0.3) is 0 Å². The monoisotopic (exact) mass is 254 g/mol. The maximum atomic E-state index is 11.8. The molecule has 1 aromatic heterocycles. The second kappa shape index (κ2) is 5.18. The molecule has 1 saturated heterocycles. The molecular formula is C11H14N2O3S. The zero-order chi connectivity index (χ0) is 12.3. The van der Waals surface area contributed by atoms with Gasteiger partial charge in [0, 0.05) is 11.4 Å². The Morgan fingerprint density at radius 2 is 2.41 bits per heavy atom. The van der Waals surface area contributed by atoms with E-state index in [1.807, 2.05) is 17.5 Å². The van der Waals surface area contributed by atoms with E-state index in [2.05, 4.69) is 5.32 Å². The maximum absolute atomic E-state index is 11.8. The first-order valence-electron chi connectivity index (χ1n) is 5.48. The Morgan fingerprint density at radius 3 is 3.06 bits per heavy atom. The highest BCUT2D eigenvalue weighted by Crippen LogP contribution is 2.17. The third kappa shape index (κ3) is 2.76. The maximum Gasteiger partial charge on any atom is 0.326 e. The van der Waals surface area contributed by atoms with Crippen molar-refractivity contribution in [3.05, 3.63) is 22.4 Å². The number of hydrogen-bond acceptors (Lipinski definition) is 3. The summed E-state index contributed by atoms with van der Waals surface area (Å²) in [6.45, 7) is 0.979. The van der Waals surface area contributed by atoms with Crippen LogP contribution in [0.3, 0.4) is 0 Å². The fraction of sp³-hybridized carbons (Fsp3) is 0.455. The van der Waals surface area contributed by atoms with Crippen LogP contribution in [0.5, 0.6) is 0 Å². The van der Waals surface area contributed by atoms with Gasteiger partial charge in [-0.05, 0) is 24.3 Å². The van der Waals surface area contributed by atoms with Crippen molar-refractivity contribution in [3.63, 3.8) is 0 Å². The van der Waals surface area contributed by atoms with Crippen LogP contribution in [0.4, 0.5) is 4.79 Å². The molecule has 0 aliphatic carbocycles. The van der Waals surface area contributed by atoms with Crippen LogP contribution < -0.4 is 5.32 Å². The number of rotatable bonds is 3. The largest absolute Gasteiger partial charge is 0.480 e. The van der Waals surface area contributed by atoms with E-state index in [0.717, 1.165) is 11.3 Å². The molecule has 92 valence electrons. The lowest BCUT2D eigenvalue weighted by molar-refractivity contribution is -0.141. The summed E-state index contributed by atoms with van der Waals surface area (Å²) >= 11 is 1.56. The van der Waals surface area contributed by atoms with Gasteiger partial charge in [0.15, 0.2) is 0 Å². The smallest absolute Gasteiger partial charge is 0.326 e. The van der Waals surface area contributed by atoms with Crippen LogP contribution in [0.25, 0.3) is 0 Å². The number of amides is 2. The lowest BCUT2D eigenvalue weighted by Gasteiger charge is -2.21. The number of aliphatic carboxylic acids is 1. The van der Waals surface area contributed by atoms with Crippen LogP contribution in [0.15, 0.2) is 17.5 Å². The van der Waals surface area contributed by atoms with E-state index < -0.39 is 12.0 Å². The van der Waals surface area contributed by atoms with Gasteiger partial charge < -0.3 is 15.3 Å². The minimum atomic E-state index is -0.922. The Kier molecular flexibility index (Phi) is 3.63. The van der Waals surface area contributed by atoms with Crippen LogP contribution in [0.2, 0.25) is 0 Å². The second-order valence-corrected chi connectivity index (χ2v) is 4.96. The van der Waals surface area contributed by atoms with E-state index in [-0.39, 0.29) is 6.03 Å². The third-order valence-electron chi connectivity index (χ3n) is 2.79. The lowest BCUT2D eigenvalue weighted by Crippen LogP contribution is -2.45. The summed E-state index contributed by atoms with van der Waals surface area (Å²) in [5, 5.41) is 13.7. The van der Waals surface area contributed by atoms with Gasteiger partial charge in [0.2, 0.25) is 0 Å². The SMILES string of the molecule is O=C(O)[C@@H]1CCCN1C(=O)NCc1cccs1. The fourth-order valence-electron chi connectivity index (χ4n) is 1.94. The zero-order valence-corrected chi connectivity index (χ0v) is 10.1. The van der Waals surface area contributed by atoms with E-state index >= 15 is 0 Å². The Morgan fingerprint density at radius 1 is 1.59 bits per heavy atom. The highest BCUT2D eigenvalue weighted by atomic mass is 32.1. The summed E-state index contributed by atoms with van der Waals surface area (Å²) in [4.78, 5) is 25.2. The number of likely N-dealkylation sites (tertiary alicyclic amines) is 1. The normalized spacial score (nSPS) is 19.3. The molecule has 0 radical (unpaired) electrons. The van der Waals surface area contributed by atoms with Crippen LogP contribution in [-0.4, -0.2) is 34.6 Å². The van der Waals surface area contributed by atoms with Gasteiger partial charge in [0.1, 0.15) is 6.04 Å². The number of carbonyl (C=O) groups is 2. The molecule has 0 bridgehead atoms. The van der Waals surface area contributed by atoms with Crippen molar-refractivity contribution < 1.29 is 14.7 Å².